The summed E-state index contributed by atoms with van der Waals surface area (Å²) in [5.74, 6) is -2.60. The number of hydrogen-bond acceptors (Lipinski definition) is 8. The van der Waals surface area contributed by atoms with Crippen molar-refractivity contribution in [2.45, 2.75) is 89.2 Å². The van der Waals surface area contributed by atoms with E-state index in [9.17, 15) is 19.8 Å². The third-order valence-electron chi connectivity index (χ3n) is 10.0. The molecule has 2 N–H and O–H groups in total. The predicted molar refractivity (Wildman–Crippen MR) is 143 cm³/mol. The maximum Gasteiger partial charge on any atom is 0.335 e. The van der Waals surface area contributed by atoms with Crippen molar-refractivity contribution in [2.75, 3.05) is 7.11 Å². The van der Waals surface area contributed by atoms with Crippen LogP contribution < -0.4 is 0 Å². The van der Waals surface area contributed by atoms with Gasteiger partial charge in [0.1, 0.15) is 23.4 Å². The minimum atomic E-state index is -1.20. The zero-order valence-corrected chi connectivity index (χ0v) is 24.1. The number of hydrogen-bond donors (Lipinski definition) is 2. The molecule has 3 aliphatic carbocycles. The highest BCUT2D eigenvalue weighted by Crippen LogP contribution is 2.61. The first-order valence-corrected chi connectivity index (χ1v) is 14.2. The van der Waals surface area contributed by atoms with Crippen LogP contribution in [-0.2, 0) is 28.5 Å². The van der Waals surface area contributed by atoms with Crippen LogP contribution in [0.3, 0.4) is 0 Å². The van der Waals surface area contributed by atoms with Crippen LogP contribution in [0.5, 0.6) is 0 Å². The number of ether oxygens (including phenoxy) is 4. The molecule has 5 rings (SSSR count). The smallest absolute Gasteiger partial charge is 0.335 e. The highest BCUT2D eigenvalue weighted by Gasteiger charge is 2.69. The van der Waals surface area contributed by atoms with Gasteiger partial charge in [0.25, 0.3) is 0 Å². The lowest BCUT2D eigenvalue weighted by molar-refractivity contribution is -0.189. The fourth-order valence-corrected chi connectivity index (χ4v) is 7.57. The SMILES string of the molecule is CO[C@H]1C[C@H]2C=C[C@H]3[C@H]4O[C@]2(/C(C)=C/[C@@H](C)[C@@](C)([C@@H](C)O)OC1=O)[C@@H]3[C@H](O)[C@@H](C)[C@H]4OC(=O)C1=CC=C(Cl)C1. The lowest BCUT2D eigenvalue weighted by atomic mass is 9.57. The molecule has 1 spiro atoms. The largest absolute Gasteiger partial charge is 0.456 e. The van der Waals surface area contributed by atoms with E-state index < -0.39 is 53.7 Å². The normalized spacial score (nSPS) is 47.3. The molecule has 4 bridgehead atoms. The zero-order chi connectivity index (χ0) is 28.4. The van der Waals surface area contributed by atoms with E-state index in [1.165, 1.54) is 7.11 Å². The van der Waals surface area contributed by atoms with Crippen molar-refractivity contribution in [1.82, 2.24) is 0 Å². The van der Waals surface area contributed by atoms with E-state index in [1.54, 1.807) is 26.0 Å². The molecule has 2 heterocycles. The van der Waals surface area contributed by atoms with Gasteiger partial charge in [-0.2, -0.15) is 0 Å². The van der Waals surface area contributed by atoms with E-state index in [-0.39, 0.29) is 36.0 Å². The van der Waals surface area contributed by atoms with E-state index in [1.807, 2.05) is 39.0 Å². The van der Waals surface area contributed by atoms with Gasteiger partial charge >= 0.3 is 11.9 Å². The van der Waals surface area contributed by atoms with Crippen molar-refractivity contribution in [3.63, 3.8) is 0 Å². The lowest BCUT2D eigenvalue weighted by Gasteiger charge is -2.49. The second-order valence-electron chi connectivity index (χ2n) is 12.1. The minimum absolute atomic E-state index is 0.192. The number of aliphatic hydroxyl groups is 2. The average molecular weight is 563 g/mol. The monoisotopic (exact) mass is 562 g/mol. The van der Waals surface area contributed by atoms with Crippen molar-refractivity contribution < 1.29 is 38.7 Å². The Hall–Kier alpha value is -1.97. The number of carbonyl (C=O) groups excluding carboxylic acids is 2. The van der Waals surface area contributed by atoms with E-state index in [0.717, 1.165) is 5.57 Å². The van der Waals surface area contributed by atoms with Gasteiger partial charge in [0.15, 0.2) is 6.10 Å². The molecule has 0 amide bonds. The molecular formula is C30H39ClO8. The Morgan fingerprint density at radius 3 is 2.59 bits per heavy atom. The Bertz CT molecular complexity index is 1160. The van der Waals surface area contributed by atoms with E-state index in [4.69, 9.17) is 30.5 Å². The molecule has 1 saturated carbocycles. The minimum Gasteiger partial charge on any atom is -0.456 e. The third kappa shape index (κ3) is 4.34. The molecule has 0 radical (unpaired) electrons. The van der Waals surface area contributed by atoms with Crippen LogP contribution in [0.1, 0.15) is 47.5 Å². The molecule has 0 aromatic carbocycles. The number of methoxy groups -OCH3 is 1. The fraction of sp³-hybridized carbons (Fsp3) is 0.667. The molecule has 12 atom stereocenters. The summed E-state index contributed by atoms with van der Waals surface area (Å²) in [5.41, 5.74) is -0.809. The van der Waals surface area contributed by atoms with Crippen molar-refractivity contribution in [3.05, 3.63) is 46.6 Å². The number of carbonyl (C=O) groups is 2. The van der Waals surface area contributed by atoms with Gasteiger partial charge in [0.05, 0.1) is 12.2 Å². The summed E-state index contributed by atoms with van der Waals surface area (Å²) < 4.78 is 24.5. The molecule has 5 aliphatic rings. The van der Waals surface area contributed by atoms with Gasteiger partial charge in [0.2, 0.25) is 0 Å². The van der Waals surface area contributed by atoms with Crippen LogP contribution >= 0.6 is 11.6 Å². The molecule has 39 heavy (non-hydrogen) atoms. The van der Waals surface area contributed by atoms with Crippen LogP contribution in [0.2, 0.25) is 0 Å². The number of halogens is 1. The highest BCUT2D eigenvalue weighted by molar-refractivity contribution is 6.30. The summed E-state index contributed by atoms with van der Waals surface area (Å²) in [6.45, 7) is 9.08. The predicted octanol–water partition coefficient (Wildman–Crippen LogP) is 3.60. The van der Waals surface area contributed by atoms with Crippen LogP contribution in [-0.4, -0.2) is 71.0 Å². The molecule has 8 nitrogen and oxygen atoms in total. The first kappa shape index (κ1) is 28.6. The first-order chi connectivity index (χ1) is 18.3. The summed E-state index contributed by atoms with van der Waals surface area (Å²) in [6, 6.07) is 0. The van der Waals surface area contributed by atoms with Gasteiger partial charge < -0.3 is 29.2 Å². The van der Waals surface area contributed by atoms with Crippen molar-refractivity contribution >= 4 is 23.5 Å². The summed E-state index contributed by atoms with van der Waals surface area (Å²) in [4.78, 5) is 26.3. The van der Waals surface area contributed by atoms with E-state index in [0.29, 0.717) is 17.0 Å². The van der Waals surface area contributed by atoms with Gasteiger partial charge in [-0.05, 0) is 38.8 Å². The topological polar surface area (TPSA) is 112 Å². The Morgan fingerprint density at radius 1 is 1.26 bits per heavy atom. The van der Waals surface area contributed by atoms with Gasteiger partial charge in [-0.15, -0.1) is 0 Å². The molecule has 0 unspecified atom stereocenters. The summed E-state index contributed by atoms with van der Waals surface area (Å²) in [7, 11) is 1.46. The maximum absolute atomic E-state index is 13.3. The Morgan fingerprint density at radius 2 is 1.97 bits per heavy atom. The Kier molecular flexibility index (Phi) is 7.42. The van der Waals surface area contributed by atoms with Gasteiger partial charge in [-0.1, -0.05) is 49.8 Å². The molecule has 2 fully saturated rings. The summed E-state index contributed by atoms with van der Waals surface area (Å²) >= 11 is 6.07. The number of aliphatic hydroxyl groups excluding tert-OH is 2. The second-order valence-corrected chi connectivity index (χ2v) is 12.5. The first-order valence-electron chi connectivity index (χ1n) is 13.8. The molecule has 1 saturated heterocycles. The molecule has 9 heteroatoms. The number of cyclic esters (lactones) is 1. The number of esters is 2. The molecule has 2 aliphatic heterocycles. The van der Waals surface area contributed by atoms with Gasteiger partial charge in [-0.25, -0.2) is 9.59 Å². The van der Waals surface area contributed by atoms with E-state index >= 15 is 0 Å². The third-order valence-corrected chi connectivity index (χ3v) is 10.3. The second kappa shape index (κ2) is 10.1. The van der Waals surface area contributed by atoms with Crippen LogP contribution in [0.25, 0.3) is 0 Å². The van der Waals surface area contributed by atoms with Crippen LogP contribution in [0.15, 0.2) is 46.6 Å². The molecule has 214 valence electrons. The van der Waals surface area contributed by atoms with Crippen molar-refractivity contribution in [2.24, 2.45) is 29.6 Å². The Labute approximate surface area is 234 Å². The Balaban J connectivity index is 1.57. The zero-order valence-electron chi connectivity index (χ0n) is 23.3. The number of allylic oxidation sites excluding steroid dienone is 3. The van der Waals surface area contributed by atoms with Gasteiger partial charge in [0, 0.05) is 53.7 Å². The summed E-state index contributed by atoms with van der Waals surface area (Å²) in [6.07, 6.45) is 6.17. The van der Waals surface area contributed by atoms with Crippen molar-refractivity contribution in [1.29, 1.82) is 0 Å². The van der Waals surface area contributed by atoms with Crippen LogP contribution in [0.4, 0.5) is 0 Å². The molecular weight excluding hydrogens is 524 g/mol. The molecule has 0 aromatic rings. The van der Waals surface area contributed by atoms with Crippen LogP contribution in [0, 0.1) is 29.6 Å². The molecule has 0 aromatic heterocycles. The quantitative estimate of drug-likeness (QED) is 0.395. The number of rotatable bonds is 4. The lowest BCUT2D eigenvalue weighted by Crippen LogP contribution is -2.57. The van der Waals surface area contributed by atoms with Gasteiger partial charge in [-0.3, -0.25) is 0 Å². The fourth-order valence-electron chi connectivity index (χ4n) is 7.37. The maximum atomic E-state index is 13.3. The van der Waals surface area contributed by atoms with E-state index in [2.05, 4.69) is 0 Å². The summed E-state index contributed by atoms with van der Waals surface area (Å²) in [5, 5.41) is 23.0. The van der Waals surface area contributed by atoms with Crippen molar-refractivity contribution in [3.8, 4) is 0 Å². The average Bonchev–Trinajstić information content (AvgIpc) is 3.40. The standard InChI is InChI=1S/C30H39ClO8/c1-14-11-15(2)30-19(13-22(36-6)28(35)39-29(14,5)17(4)32)8-10-21-23(30)24(33)16(3)25(26(21)38-30)37-27(34)18-7-9-20(31)12-18/h7-11,14,16-17,19,21-26,32-33H,12-13H2,1-6H3/b15-11+/t14-,16-,17-,19-,21-,22+,23+,24-,25-,26-,29+,30+/m1/s1. The highest BCUT2D eigenvalue weighted by atomic mass is 35.5.